The smallest absolute Gasteiger partial charge is 0.262 e. The van der Waals surface area contributed by atoms with Crippen LogP contribution in [0.2, 0.25) is 0 Å². The van der Waals surface area contributed by atoms with Gasteiger partial charge in [0, 0.05) is 25.0 Å². The van der Waals surface area contributed by atoms with Crippen LogP contribution >= 0.6 is 38.5 Å². The molecule has 1 atom stereocenters. The van der Waals surface area contributed by atoms with E-state index in [0.29, 0.717) is 12.2 Å². The Labute approximate surface area is 198 Å². The summed E-state index contributed by atoms with van der Waals surface area (Å²) in [6.45, 7) is 6.16. The third-order valence-corrected chi connectivity index (χ3v) is 6.32. The zero-order valence-electron chi connectivity index (χ0n) is 16.4. The van der Waals surface area contributed by atoms with E-state index >= 15 is 0 Å². The molecule has 1 heterocycles. The molecule has 1 N–H and O–H groups in total. The Balaban J connectivity index is 1.85. The zero-order chi connectivity index (χ0) is 21.3. The molecule has 0 aliphatic carbocycles. The van der Waals surface area contributed by atoms with Crippen LogP contribution in [0, 0.1) is 10.5 Å². The van der Waals surface area contributed by atoms with Crippen LogP contribution in [0.3, 0.4) is 0 Å². The lowest BCUT2D eigenvalue weighted by Crippen LogP contribution is -2.43. The summed E-state index contributed by atoms with van der Waals surface area (Å²) in [5, 5.41) is 3.55. The van der Waals surface area contributed by atoms with E-state index in [0.717, 1.165) is 36.3 Å². The van der Waals surface area contributed by atoms with Gasteiger partial charge in [0.2, 0.25) is 0 Å². The lowest BCUT2D eigenvalue weighted by molar-refractivity contribution is 0.0974. The van der Waals surface area contributed by atoms with Gasteiger partial charge >= 0.3 is 0 Å². The number of carbonyl (C=O) groups excluding carboxylic acids is 1. The first-order chi connectivity index (χ1) is 14.5. The number of hydrogen-bond donors (Lipinski definition) is 1. The minimum Gasteiger partial charge on any atom is -0.490 e. The number of nitrogens with one attached hydrogen (secondary N) is 1. The molecule has 3 aromatic carbocycles. The number of anilines is 2. The molecule has 0 spiro atoms. The quantitative estimate of drug-likeness (QED) is 0.272. The second-order valence-electron chi connectivity index (χ2n) is 7.03. The molecule has 0 radical (unpaired) electrons. The Morgan fingerprint density at radius 1 is 1.17 bits per heavy atom. The molecule has 30 heavy (non-hydrogen) atoms. The molecule has 0 fully saturated rings. The van der Waals surface area contributed by atoms with Crippen LogP contribution in [0.1, 0.15) is 27.7 Å². The summed E-state index contributed by atoms with van der Waals surface area (Å²) in [5.41, 5.74) is 4.36. The molecular weight excluding hydrogens is 555 g/mol. The number of hydrogen-bond acceptors (Lipinski definition) is 3. The SMILES string of the molecule is C=CCOc1ccc(Br)c([C@H]2Nc3ccc(I)cc3C(=O)N2c2ccc(C)cc2)c1. The van der Waals surface area contributed by atoms with Gasteiger partial charge in [0.1, 0.15) is 18.5 Å². The van der Waals surface area contributed by atoms with E-state index in [1.165, 1.54) is 0 Å². The molecule has 0 bridgehead atoms. The summed E-state index contributed by atoms with van der Waals surface area (Å²) in [6, 6.07) is 19.7. The molecule has 0 unspecified atom stereocenters. The van der Waals surface area contributed by atoms with Crippen molar-refractivity contribution < 1.29 is 9.53 Å². The molecule has 152 valence electrons. The van der Waals surface area contributed by atoms with Crippen molar-refractivity contribution in [1.82, 2.24) is 0 Å². The van der Waals surface area contributed by atoms with Crippen molar-refractivity contribution in [3.05, 3.63) is 98.1 Å². The highest BCUT2D eigenvalue weighted by Crippen LogP contribution is 2.40. The van der Waals surface area contributed by atoms with E-state index in [4.69, 9.17) is 4.74 Å². The molecular formula is C24H20BrIN2O2. The summed E-state index contributed by atoms with van der Waals surface area (Å²) in [4.78, 5) is 15.4. The average Bonchev–Trinajstić information content (AvgIpc) is 2.74. The number of rotatable bonds is 5. The Kier molecular flexibility index (Phi) is 6.15. The Hall–Kier alpha value is -2.32. The average molecular weight is 575 g/mol. The highest BCUT2D eigenvalue weighted by atomic mass is 127. The first kappa shape index (κ1) is 20.9. The van der Waals surface area contributed by atoms with Gasteiger partial charge in [-0.1, -0.05) is 46.3 Å². The van der Waals surface area contributed by atoms with Crippen LogP contribution in [0.5, 0.6) is 5.75 Å². The fourth-order valence-corrected chi connectivity index (χ4v) is 4.40. The van der Waals surface area contributed by atoms with Gasteiger partial charge in [-0.25, -0.2) is 0 Å². The van der Waals surface area contributed by atoms with E-state index in [9.17, 15) is 4.79 Å². The lowest BCUT2D eigenvalue weighted by atomic mass is 10.0. The first-order valence-electron chi connectivity index (χ1n) is 9.47. The van der Waals surface area contributed by atoms with E-state index in [-0.39, 0.29) is 5.91 Å². The summed E-state index contributed by atoms with van der Waals surface area (Å²) in [5.74, 6) is 0.681. The van der Waals surface area contributed by atoms with E-state index in [2.05, 4.69) is 50.4 Å². The number of ether oxygens (including phenoxy) is 1. The van der Waals surface area contributed by atoms with Crippen LogP contribution in [0.4, 0.5) is 11.4 Å². The monoisotopic (exact) mass is 574 g/mol. The van der Waals surface area contributed by atoms with Crippen molar-refractivity contribution in [3.8, 4) is 5.75 Å². The number of benzene rings is 3. The van der Waals surface area contributed by atoms with Gasteiger partial charge < -0.3 is 10.1 Å². The van der Waals surface area contributed by atoms with E-state index in [1.807, 2.05) is 67.6 Å². The van der Waals surface area contributed by atoms with Crippen LogP contribution in [0.25, 0.3) is 0 Å². The van der Waals surface area contributed by atoms with Crippen LogP contribution in [-0.4, -0.2) is 12.5 Å². The third-order valence-electron chi connectivity index (χ3n) is 4.92. The number of fused-ring (bicyclic) bond motifs is 1. The highest BCUT2D eigenvalue weighted by molar-refractivity contribution is 14.1. The summed E-state index contributed by atoms with van der Waals surface area (Å²) >= 11 is 5.89. The van der Waals surface area contributed by atoms with Crippen LogP contribution < -0.4 is 15.0 Å². The van der Waals surface area contributed by atoms with Gasteiger partial charge in [0.05, 0.1) is 5.56 Å². The minimum atomic E-state index is -0.394. The predicted molar refractivity (Wildman–Crippen MR) is 133 cm³/mol. The fourth-order valence-electron chi connectivity index (χ4n) is 3.44. The molecule has 1 aliphatic rings. The van der Waals surface area contributed by atoms with Crippen molar-refractivity contribution in [1.29, 1.82) is 0 Å². The van der Waals surface area contributed by atoms with Crippen LogP contribution in [0.15, 0.2) is 77.8 Å². The van der Waals surface area contributed by atoms with Gasteiger partial charge in [-0.15, -0.1) is 0 Å². The molecule has 4 nitrogen and oxygen atoms in total. The first-order valence-corrected chi connectivity index (χ1v) is 11.3. The highest BCUT2D eigenvalue weighted by Gasteiger charge is 2.35. The largest absolute Gasteiger partial charge is 0.490 e. The summed E-state index contributed by atoms with van der Waals surface area (Å²) in [7, 11) is 0. The Bertz CT molecular complexity index is 1110. The molecule has 4 rings (SSSR count). The van der Waals surface area contributed by atoms with E-state index < -0.39 is 6.17 Å². The minimum absolute atomic E-state index is 0.0413. The number of halogens is 2. The fraction of sp³-hybridized carbons (Fsp3) is 0.125. The predicted octanol–water partition coefficient (Wildman–Crippen LogP) is 6.70. The van der Waals surface area contributed by atoms with Crippen molar-refractivity contribution in [3.63, 3.8) is 0 Å². The Morgan fingerprint density at radius 2 is 1.93 bits per heavy atom. The second kappa shape index (κ2) is 8.81. The lowest BCUT2D eigenvalue weighted by Gasteiger charge is -2.38. The maximum Gasteiger partial charge on any atom is 0.262 e. The maximum atomic E-state index is 13.6. The molecule has 3 aromatic rings. The van der Waals surface area contributed by atoms with Crippen molar-refractivity contribution in [2.24, 2.45) is 0 Å². The van der Waals surface area contributed by atoms with Crippen molar-refractivity contribution in [2.75, 3.05) is 16.8 Å². The number of aryl methyl sites for hydroxylation is 1. The van der Waals surface area contributed by atoms with Gasteiger partial charge in [-0.3, -0.25) is 9.69 Å². The maximum absolute atomic E-state index is 13.6. The summed E-state index contributed by atoms with van der Waals surface area (Å²) in [6.07, 6.45) is 1.31. The normalized spacial score (nSPS) is 15.4. The molecule has 1 aliphatic heterocycles. The topological polar surface area (TPSA) is 41.6 Å². The second-order valence-corrected chi connectivity index (χ2v) is 9.13. The van der Waals surface area contributed by atoms with E-state index in [1.54, 1.807) is 11.0 Å². The Morgan fingerprint density at radius 3 is 2.67 bits per heavy atom. The molecule has 0 aromatic heterocycles. The van der Waals surface area contributed by atoms with Crippen molar-refractivity contribution in [2.45, 2.75) is 13.1 Å². The van der Waals surface area contributed by atoms with Gasteiger partial charge in [-0.2, -0.15) is 0 Å². The van der Waals surface area contributed by atoms with Gasteiger partial charge in [0.25, 0.3) is 5.91 Å². The van der Waals surface area contributed by atoms with Crippen molar-refractivity contribution >= 4 is 55.8 Å². The number of amides is 1. The standard InChI is InChI=1S/C24H20BrIN2O2/c1-3-12-30-18-9-10-21(25)19(14-18)23-27-22-11-6-16(26)13-20(22)24(29)28(23)17-7-4-15(2)5-8-17/h3-11,13-14,23,27H,1,12H2,2H3/t23-/m0/s1. The third kappa shape index (κ3) is 4.11. The molecule has 6 heteroatoms. The van der Waals surface area contributed by atoms with Gasteiger partial charge in [0.15, 0.2) is 0 Å². The zero-order valence-corrected chi connectivity index (χ0v) is 20.1. The number of nitrogens with zero attached hydrogens (tertiary/aromatic N) is 1. The molecule has 1 amide bonds. The summed E-state index contributed by atoms with van der Waals surface area (Å²) < 4.78 is 7.65. The molecule has 0 saturated carbocycles. The number of carbonyl (C=O) groups is 1. The molecule has 0 saturated heterocycles. The van der Waals surface area contributed by atoms with Crippen LogP contribution in [-0.2, 0) is 0 Å². The van der Waals surface area contributed by atoms with Gasteiger partial charge in [-0.05, 0) is 78.0 Å².